The number of carbonyl (C=O) groups excluding carboxylic acids is 1. The summed E-state index contributed by atoms with van der Waals surface area (Å²) >= 11 is 0. The summed E-state index contributed by atoms with van der Waals surface area (Å²) in [5.41, 5.74) is 2.91. The van der Waals surface area contributed by atoms with Crippen LogP contribution >= 0.6 is 0 Å². The van der Waals surface area contributed by atoms with Crippen LogP contribution in [0, 0.1) is 12.8 Å². The van der Waals surface area contributed by atoms with Gasteiger partial charge in [0.05, 0.1) is 18.6 Å². The fourth-order valence-corrected chi connectivity index (χ4v) is 6.35. The number of hydrogen-bond acceptors (Lipinski definition) is 5. The third-order valence-corrected chi connectivity index (χ3v) is 8.50. The number of para-hydroxylation sites is 2. The van der Waals surface area contributed by atoms with Crippen molar-refractivity contribution in [3.8, 4) is 5.75 Å². The fraction of sp³-hybridized carbons (Fsp3) is 0.480. The summed E-state index contributed by atoms with van der Waals surface area (Å²) in [6, 6.07) is 15.6. The number of ether oxygens (including phenoxy) is 1. The van der Waals surface area contributed by atoms with Crippen LogP contribution in [0.5, 0.6) is 5.75 Å². The summed E-state index contributed by atoms with van der Waals surface area (Å²) in [7, 11) is -1.71. The average molecular weight is 472 g/mol. The molecule has 0 N–H and O–H groups in total. The number of benzene rings is 2. The van der Waals surface area contributed by atoms with Crippen molar-refractivity contribution >= 4 is 21.6 Å². The second kappa shape index (κ2) is 10.1. The van der Waals surface area contributed by atoms with Crippen LogP contribution in [0.4, 0.5) is 5.69 Å². The Balaban J connectivity index is 1.29. The van der Waals surface area contributed by atoms with Crippen molar-refractivity contribution in [3.05, 3.63) is 59.7 Å². The first kappa shape index (κ1) is 23.6. The van der Waals surface area contributed by atoms with Gasteiger partial charge in [-0.25, -0.2) is 12.7 Å². The molecule has 0 atom stereocenters. The Labute approximate surface area is 197 Å². The lowest BCUT2D eigenvalue weighted by molar-refractivity contribution is -0.137. The number of aryl methyl sites for hydroxylation is 1. The van der Waals surface area contributed by atoms with Crippen LogP contribution < -0.4 is 9.64 Å². The number of piperidine rings is 1. The van der Waals surface area contributed by atoms with Gasteiger partial charge in [-0.2, -0.15) is 0 Å². The van der Waals surface area contributed by atoms with Crippen molar-refractivity contribution in [2.45, 2.75) is 25.5 Å². The molecule has 2 aromatic rings. The highest BCUT2D eigenvalue weighted by molar-refractivity contribution is 7.88. The molecule has 1 amide bonds. The second-order valence-electron chi connectivity index (χ2n) is 8.90. The molecule has 33 heavy (non-hydrogen) atoms. The molecule has 2 saturated heterocycles. The van der Waals surface area contributed by atoms with E-state index in [0.29, 0.717) is 39.0 Å². The van der Waals surface area contributed by atoms with E-state index in [1.54, 1.807) is 11.4 Å². The summed E-state index contributed by atoms with van der Waals surface area (Å²) < 4.78 is 32.8. The lowest BCUT2D eigenvalue weighted by Crippen LogP contribution is -2.52. The molecule has 2 aliphatic heterocycles. The van der Waals surface area contributed by atoms with Gasteiger partial charge in [0.1, 0.15) is 5.75 Å². The molecule has 0 aliphatic carbocycles. The van der Waals surface area contributed by atoms with E-state index in [1.165, 1.54) is 0 Å². The van der Waals surface area contributed by atoms with E-state index in [-0.39, 0.29) is 17.6 Å². The molecule has 0 spiro atoms. The molecule has 2 aromatic carbocycles. The molecule has 0 bridgehead atoms. The Hall–Kier alpha value is -2.58. The maximum absolute atomic E-state index is 13.1. The van der Waals surface area contributed by atoms with E-state index in [4.69, 9.17) is 4.74 Å². The highest BCUT2D eigenvalue weighted by Gasteiger charge is 2.34. The Morgan fingerprint density at radius 1 is 0.970 bits per heavy atom. The van der Waals surface area contributed by atoms with Crippen molar-refractivity contribution in [1.29, 1.82) is 0 Å². The predicted molar refractivity (Wildman–Crippen MR) is 130 cm³/mol. The van der Waals surface area contributed by atoms with Crippen molar-refractivity contribution < 1.29 is 17.9 Å². The van der Waals surface area contributed by atoms with E-state index in [1.807, 2.05) is 60.4 Å². The van der Waals surface area contributed by atoms with E-state index in [2.05, 4.69) is 4.90 Å². The van der Waals surface area contributed by atoms with Gasteiger partial charge in [-0.1, -0.05) is 42.0 Å². The van der Waals surface area contributed by atoms with Gasteiger partial charge in [0.25, 0.3) is 0 Å². The molecule has 0 aromatic heterocycles. The highest BCUT2D eigenvalue weighted by atomic mass is 32.2. The molecule has 2 fully saturated rings. The SMILES string of the molecule is COc1ccccc1N1CCN(C(=O)C2CCN(S(=O)(=O)Cc3cccc(C)c3)CC2)CC1. The van der Waals surface area contributed by atoms with Gasteiger partial charge >= 0.3 is 0 Å². The van der Waals surface area contributed by atoms with Gasteiger partial charge in [-0.05, 0) is 37.5 Å². The van der Waals surface area contributed by atoms with Gasteiger partial charge in [0.15, 0.2) is 0 Å². The number of nitrogens with zero attached hydrogens (tertiary/aromatic N) is 3. The molecular weight excluding hydrogens is 438 g/mol. The van der Waals surface area contributed by atoms with Crippen LogP contribution in [-0.4, -0.2) is 69.9 Å². The maximum Gasteiger partial charge on any atom is 0.225 e. The van der Waals surface area contributed by atoms with Crippen LogP contribution in [0.2, 0.25) is 0 Å². The number of carbonyl (C=O) groups is 1. The first-order valence-electron chi connectivity index (χ1n) is 11.6. The molecule has 8 heteroatoms. The third-order valence-electron chi connectivity index (χ3n) is 6.65. The zero-order valence-corrected chi connectivity index (χ0v) is 20.3. The number of anilines is 1. The standard InChI is InChI=1S/C25H33N3O4S/c1-20-6-5-7-21(18-20)19-33(30,31)28-12-10-22(11-13-28)25(29)27-16-14-26(15-17-27)23-8-3-4-9-24(23)32-2/h3-9,18,22H,10-17,19H2,1-2H3. The minimum absolute atomic E-state index is 0.0121. The Bertz CT molecular complexity index is 1070. The molecule has 0 unspecified atom stereocenters. The number of methoxy groups -OCH3 is 1. The number of rotatable bonds is 6. The number of sulfonamides is 1. The fourth-order valence-electron chi connectivity index (χ4n) is 4.80. The quantitative estimate of drug-likeness (QED) is 0.648. The smallest absolute Gasteiger partial charge is 0.225 e. The third kappa shape index (κ3) is 5.50. The zero-order valence-electron chi connectivity index (χ0n) is 19.4. The summed E-state index contributed by atoms with van der Waals surface area (Å²) in [5, 5.41) is 0. The molecule has 0 radical (unpaired) electrons. The van der Waals surface area contributed by atoms with E-state index in [9.17, 15) is 13.2 Å². The van der Waals surface area contributed by atoms with Crippen molar-refractivity contribution in [2.75, 3.05) is 51.3 Å². The maximum atomic E-state index is 13.1. The molecule has 178 valence electrons. The van der Waals surface area contributed by atoms with Gasteiger partial charge < -0.3 is 14.5 Å². The molecular formula is C25H33N3O4S. The van der Waals surface area contributed by atoms with Crippen LogP contribution in [-0.2, 0) is 20.6 Å². The van der Waals surface area contributed by atoms with Gasteiger partial charge in [-0.3, -0.25) is 4.79 Å². The summed E-state index contributed by atoms with van der Waals surface area (Å²) in [6.07, 6.45) is 1.16. The van der Waals surface area contributed by atoms with Crippen LogP contribution in [0.3, 0.4) is 0 Å². The lowest BCUT2D eigenvalue weighted by atomic mass is 9.96. The summed E-state index contributed by atoms with van der Waals surface area (Å²) in [6.45, 7) is 5.64. The van der Waals surface area contributed by atoms with Crippen molar-refractivity contribution in [3.63, 3.8) is 0 Å². The predicted octanol–water partition coefficient (Wildman–Crippen LogP) is 2.89. The first-order chi connectivity index (χ1) is 15.9. The largest absolute Gasteiger partial charge is 0.495 e. The Kier molecular flexibility index (Phi) is 7.24. The van der Waals surface area contributed by atoms with Gasteiger partial charge in [0.2, 0.25) is 15.9 Å². The van der Waals surface area contributed by atoms with Crippen molar-refractivity contribution in [1.82, 2.24) is 9.21 Å². The van der Waals surface area contributed by atoms with E-state index >= 15 is 0 Å². The van der Waals surface area contributed by atoms with Crippen molar-refractivity contribution in [2.24, 2.45) is 5.92 Å². The van der Waals surface area contributed by atoms with Crippen LogP contribution in [0.15, 0.2) is 48.5 Å². The minimum Gasteiger partial charge on any atom is -0.495 e. The first-order valence-corrected chi connectivity index (χ1v) is 13.2. The molecule has 4 rings (SSSR count). The zero-order chi connectivity index (χ0) is 23.4. The summed E-state index contributed by atoms with van der Waals surface area (Å²) in [5.74, 6) is 0.910. The topological polar surface area (TPSA) is 70.2 Å². The van der Waals surface area contributed by atoms with Crippen LogP contribution in [0.25, 0.3) is 0 Å². The highest BCUT2D eigenvalue weighted by Crippen LogP contribution is 2.29. The van der Waals surface area contributed by atoms with Crippen LogP contribution in [0.1, 0.15) is 24.0 Å². The van der Waals surface area contributed by atoms with Gasteiger partial charge in [-0.15, -0.1) is 0 Å². The van der Waals surface area contributed by atoms with Gasteiger partial charge in [0, 0.05) is 45.2 Å². The number of piperazine rings is 1. The normalized spacial score (nSPS) is 18.4. The number of amides is 1. The summed E-state index contributed by atoms with van der Waals surface area (Å²) in [4.78, 5) is 17.3. The second-order valence-corrected chi connectivity index (χ2v) is 10.9. The molecule has 7 nitrogen and oxygen atoms in total. The lowest BCUT2D eigenvalue weighted by Gasteiger charge is -2.39. The monoisotopic (exact) mass is 471 g/mol. The average Bonchev–Trinajstić information content (AvgIpc) is 2.83. The van der Waals surface area contributed by atoms with E-state index < -0.39 is 10.0 Å². The molecule has 2 aliphatic rings. The Morgan fingerprint density at radius 3 is 2.33 bits per heavy atom. The minimum atomic E-state index is -3.38. The molecule has 2 heterocycles. The number of hydrogen-bond donors (Lipinski definition) is 0. The Morgan fingerprint density at radius 2 is 1.67 bits per heavy atom. The van der Waals surface area contributed by atoms with E-state index in [0.717, 1.165) is 35.7 Å². The molecule has 0 saturated carbocycles.